The van der Waals surface area contributed by atoms with Gasteiger partial charge in [0.25, 0.3) is 0 Å². The van der Waals surface area contributed by atoms with E-state index < -0.39 is 25.4 Å². The van der Waals surface area contributed by atoms with Crippen LogP contribution in [-0.2, 0) is 0 Å². The summed E-state index contributed by atoms with van der Waals surface area (Å²) >= 11 is 0. The average Bonchev–Trinajstić information content (AvgIpc) is 2.95. The van der Waals surface area contributed by atoms with E-state index in [9.17, 15) is 0 Å². The number of nitrogens with zero attached hydrogens (tertiary/aromatic N) is 1. The molecule has 8 heteroatoms. The Labute approximate surface area is 226 Å². The summed E-state index contributed by atoms with van der Waals surface area (Å²) in [5, 5.41) is 6.38. The van der Waals surface area contributed by atoms with Gasteiger partial charge in [0.15, 0.2) is 0 Å². The van der Waals surface area contributed by atoms with Gasteiger partial charge in [-0.2, -0.15) is 0 Å². The fraction of sp³-hybridized carbons (Fsp3) is 0. The van der Waals surface area contributed by atoms with Crippen molar-refractivity contribution < 1.29 is 28.9 Å². The standard InChI is InChI=1S/C30H25NP2.ClH3O4/c1-6-16-26(17-7-1)32(27-18-8-2-9-19-27)31-33(28-20-10-3-11-21-28,29-22-12-4-13-23-29)30-24-14-5-15-25-30;2-1(3,4)5/h1-25H;2-4H. The van der Waals surface area contributed by atoms with Crippen molar-refractivity contribution in [1.82, 2.24) is 0 Å². The van der Waals surface area contributed by atoms with Crippen molar-refractivity contribution in [2.45, 2.75) is 0 Å². The number of benzene rings is 5. The fourth-order valence-electron chi connectivity index (χ4n) is 4.06. The Kier molecular flexibility index (Phi) is 9.63. The Morgan fingerprint density at radius 1 is 0.474 bits per heavy atom. The maximum atomic E-state index is 8.83. The average molecular weight is 564 g/mol. The number of hydrogen-bond donors (Lipinski definition) is 3. The first-order valence-electron chi connectivity index (χ1n) is 11.7. The third-order valence-corrected chi connectivity index (χ3v) is 12.1. The Balaban J connectivity index is 0.000000617. The van der Waals surface area contributed by atoms with Crippen LogP contribution < -0.4 is 31.2 Å². The van der Waals surface area contributed by atoms with Gasteiger partial charge in [-0.3, -0.25) is 4.52 Å². The van der Waals surface area contributed by atoms with Gasteiger partial charge in [-0.15, -0.1) is 0 Å². The van der Waals surface area contributed by atoms with Gasteiger partial charge in [0.2, 0.25) is 0 Å². The molecule has 5 aromatic carbocycles. The first-order chi connectivity index (χ1) is 18.4. The molecule has 0 aliphatic carbocycles. The minimum Gasteiger partial charge on any atom is -0.257 e. The molecule has 194 valence electrons. The molecule has 5 nitrogen and oxygen atoms in total. The zero-order valence-electron chi connectivity index (χ0n) is 20.4. The van der Waals surface area contributed by atoms with Crippen LogP contribution in [0, 0.1) is 10.2 Å². The third kappa shape index (κ3) is 7.26. The Morgan fingerprint density at radius 2 is 0.711 bits per heavy atom. The molecule has 0 unspecified atom stereocenters. The summed E-state index contributed by atoms with van der Waals surface area (Å²) in [6.45, 7) is 0. The van der Waals surface area contributed by atoms with Gasteiger partial charge in [-0.25, -0.2) is 0 Å². The van der Waals surface area contributed by atoms with Crippen molar-refractivity contribution in [3.05, 3.63) is 152 Å². The minimum absolute atomic E-state index is 0.935. The molecule has 38 heavy (non-hydrogen) atoms. The Hall–Kier alpha value is -3.11. The summed E-state index contributed by atoms with van der Waals surface area (Å²) < 4.78 is 36.2. The zero-order chi connectivity index (χ0) is 26.8. The molecule has 0 spiro atoms. The summed E-state index contributed by atoms with van der Waals surface area (Å²) in [4.78, 5) is 0. The molecule has 0 saturated carbocycles. The molecule has 0 atom stereocenters. The Bertz CT molecular complexity index is 1300. The van der Waals surface area contributed by atoms with Crippen LogP contribution in [0.1, 0.15) is 0 Å². The Morgan fingerprint density at radius 3 is 0.974 bits per heavy atom. The smallest absolute Gasteiger partial charge is 0.0775 e. The van der Waals surface area contributed by atoms with E-state index >= 15 is 0 Å². The van der Waals surface area contributed by atoms with Crippen LogP contribution in [0.3, 0.4) is 0 Å². The molecule has 0 aliphatic rings. The van der Waals surface area contributed by atoms with Crippen molar-refractivity contribution in [2.24, 2.45) is 4.52 Å². The second-order valence-electron chi connectivity index (χ2n) is 8.15. The van der Waals surface area contributed by atoms with E-state index in [2.05, 4.69) is 152 Å². The van der Waals surface area contributed by atoms with Crippen LogP contribution in [0.25, 0.3) is 0 Å². The molecule has 5 rings (SSSR count). The van der Waals surface area contributed by atoms with Crippen molar-refractivity contribution in [2.75, 3.05) is 0 Å². The SMILES string of the molecule is [O-][Cl+](O)(O)O.c1ccc(P(N=P(c2ccccc2)(c2ccccc2)c2ccccc2)c2ccccc2)cc1. The van der Waals surface area contributed by atoms with Crippen molar-refractivity contribution in [3.63, 3.8) is 0 Å². The van der Waals surface area contributed by atoms with Gasteiger partial charge in [0, 0.05) is 26.5 Å². The van der Waals surface area contributed by atoms with E-state index in [-0.39, 0.29) is 0 Å². The van der Waals surface area contributed by atoms with E-state index in [0.29, 0.717) is 0 Å². The predicted molar refractivity (Wildman–Crippen MR) is 153 cm³/mol. The maximum Gasteiger partial charge on any atom is 0.0775 e. The van der Waals surface area contributed by atoms with Gasteiger partial charge >= 0.3 is 28.9 Å². The number of halogens is 1. The molecule has 0 amide bonds. The van der Waals surface area contributed by atoms with E-state index in [1.807, 2.05) is 0 Å². The first kappa shape index (κ1) is 27.9. The second kappa shape index (κ2) is 13.1. The minimum atomic E-state index is -4.19. The molecule has 3 N–H and O–H groups in total. The summed E-state index contributed by atoms with van der Waals surface area (Å²) in [5.41, 5.74) is 0. The second-order valence-corrected chi connectivity index (χ2v) is 14.2. The van der Waals surface area contributed by atoms with Crippen molar-refractivity contribution in [1.29, 1.82) is 0 Å². The molecule has 5 aromatic rings. The molecule has 0 saturated heterocycles. The van der Waals surface area contributed by atoms with E-state index in [1.54, 1.807) is 0 Å². The predicted octanol–water partition coefficient (Wildman–Crippen LogP) is 3.35. The summed E-state index contributed by atoms with van der Waals surface area (Å²) in [6.07, 6.45) is 0. The van der Waals surface area contributed by atoms with Crippen LogP contribution in [0.15, 0.2) is 156 Å². The maximum absolute atomic E-state index is 8.83. The normalized spacial score (nSPS) is 11.8. The molecular formula is C30H28ClNO4P2. The summed E-state index contributed by atoms with van der Waals surface area (Å²) in [5.74, 6) is 0. The van der Waals surface area contributed by atoms with Crippen molar-refractivity contribution >= 4 is 41.6 Å². The summed E-state index contributed by atoms with van der Waals surface area (Å²) in [7, 11) is -7.42. The molecule has 0 bridgehead atoms. The van der Waals surface area contributed by atoms with Crippen LogP contribution in [0.4, 0.5) is 0 Å². The van der Waals surface area contributed by atoms with E-state index in [0.717, 1.165) is 0 Å². The number of hydrogen-bond acceptors (Lipinski definition) is 5. The largest absolute Gasteiger partial charge is 0.257 e. The van der Waals surface area contributed by atoms with Crippen LogP contribution in [-0.4, -0.2) is 14.0 Å². The van der Waals surface area contributed by atoms with Gasteiger partial charge in [0.1, 0.15) is 0 Å². The number of rotatable bonds is 6. The fourth-order valence-corrected chi connectivity index (χ4v) is 11.1. The van der Waals surface area contributed by atoms with Crippen LogP contribution in [0.5, 0.6) is 0 Å². The molecule has 0 heterocycles. The molecule has 0 aromatic heterocycles. The van der Waals surface area contributed by atoms with Gasteiger partial charge in [-0.05, 0) is 0 Å². The quantitative estimate of drug-likeness (QED) is 0.276. The van der Waals surface area contributed by atoms with Gasteiger partial charge in [0.05, 0.1) is 15.1 Å². The molecule has 0 radical (unpaired) electrons. The van der Waals surface area contributed by atoms with E-state index in [4.69, 9.17) is 23.2 Å². The first-order valence-corrected chi connectivity index (χ1v) is 16.1. The van der Waals surface area contributed by atoms with Gasteiger partial charge < -0.3 is 0 Å². The van der Waals surface area contributed by atoms with Crippen LogP contribution >= 0.6 is 15.1 Å². The topological polar surface area (TPSA) is 96.1 Å². The van der Waals surface area contributed by atoms with E-state index in [1.165, 1.54) is 26.5 Å². The zero-order valence-corrected chi connectivity index (χ0v) is 22.9. The molecule has 0 aliphatic heterocycles. The molecular weight excluding hydrogens is 536 g/mol. The van der Waals surface area contributed by atoms with Crippen LogP contribution in [0.2, 0.25) is 0 Å². The monoisotopic (exact) mass is 563 g/mol. The third-order valence-electron chi connectivity index (χ3n) is 5.61. The van der Waals surface area contributed by atoms with Crippen molar-refractivity contribution in [3.8, 4) is 0 Å². The van der Waals surface area contributed by atoms with Gasteiger partial charge in [-0.1, -0.05) is 152 Å². The summed E-state index contributed by atoms with van der Waals surface area (Å²) in [6, 6.07) is 54.1. The molecule has 0 fully saturated rings.